The summed E-state index contributed by atoms with van der Waals surface area (Å²) in [5, 5.41) is 12.2. The molecule has 0 saturated carbocycles. The van der Waals surface area contributed by atoms with Gasteiger partial charge in [-0.25, -0.2) is 0 Å². The van der Waals surface area contributed by atoms with E-state index in [0.29, 0.717) is 5.69 Å². The molecule has 1 aromatic carbocycles. The molecule has 1 heterocycles. The Bertz CT molecular complexity index is 561. The van der Waals surface area contributed by atoms with E-state index in [1.54, 1.807) is 0 Å². The minimum absolute atomic E-state index is 0.686. The Morgan fingerprint density at radius 3 is 2.82 bits per heavy atom. The van der Waals surface area contributed by atoms with Gasteiger partial charge in [0.15, 0.2) is 0 Å². The molecule has 86 valence electrons. The molecule has 0 radical (unpaired) electrons. The highest BCUT2D eigenvalue weighted by molar-refractivity contribution is 5.46. The molecule has 0 atom stereocenters. The standard InChI is InChI=1S/C14H15N3/c1-11-4-3-5-13(6-11)16-9-12-7-14(8-15)17(2)10-12/h3-7,10,16H,9H2,1-2H3. The number of rotatable bonds is 3. The third kappa shape index (κ3) is 2.67. The summed E-state index contributed by atoms with van der Waals surface area (Å²) in [6.07, 6.45) is 1.97. The van der Waals surface area contributed by atoms with Gasteiger partial charge in [0.2, 0.25) is 0 Å². The predicted molar refractivity (Wildman–Crippen MR) is 68.6 cm³/mol. The summed E-state index contributed by atoms with van der Waals surface area (Å²) in [6.45, 7) is 2.81. The minimum atomic E-state index is 0.686. The van der Waals surface area contributed by atoms with Crippen molar-refractivity contribution >= 4 is 5.69 Å². The fraction of sp³-hybridized carbons (Fsp3) is 0.214. The number of nitrogens with one attached hydrogen (secondary N) is 1. The maximum atomic E-state index is 8.86. The number of nitriles is 1. The first-order chi connectivity index (χ1) is 8.19. The third-order valence-corrected chi connectivity index (χ3v) is 2.69. The van der Waals surface area contributed by atoms with Crippen LogP contribution < -0.4 is 5.32 Å². The summed E-state index contributed by atoms with van der Waals surface area (Å²) in [4.78, 5) is 0. The number of aromatic nitrogens is 1. The number of hydrogen-bond donors (Lipinski definition) is 1. The van der Waals surface area contributed by atoms with E-state index in [2.05, 4.69) is 30.4 Å². The largest absolute Gasteiger partial charge is 0.381 e. The van der Waals surface area contributed by atoms with Gasteiger partial charge in [-0.15, -0.1) is 0 Å². The molecule has 0 bridgehead atoms. The Hall–Kier alpha value is -2.21. The molecule has 0 aliphatic rings. The van der Waals surface area contributed by atoms with Crippen LogP contribution >= 0.6 is 0 Å². The van der Waals surface area contributed by atoms with Crippen LogP contribution in [0.2, 0.25) is 0 Å². The number of hydrogen-bond acceptors (Lipinski definition) is 2. The molecule has 0 aliphatic heterocycles. The van der Waals surface area contributed by atoms with Crippen LogP contribution in [0.3, 0.4) is 0 Å². The fourth-order valence-electron chi connectivity index (χ4n) is 1.80. The van der Waals surface area contributed by atoms with Crippen LogP contribution in [0.15, 0.2) is 36.5 Å². The summed E-state index contributed by atoms with van der Waals surface area (Å²) < 4.78 is 1.84. The lowest BCUT2D eigenvalue weighted by molar-refractivity contribution is 0.902. The molecule has 0 unspecified atom stereocenters. The molecular formula is C14H15N3. The summed E-state index contributed by atoms with van der Waals surface area (Å²) in [5.74, 6) is 0. The molecule has 0 fully saturated rings. The maximum absolute atomic E-state index is 8.86. The molecule has 3 heteroatoms. The normalized spacial score (nSPS) is 9.94. The van der Waals surface area contributed by atoms with Crippen molar-refractivity contribution in [1.29, 1.82) is 5.26 Å². The van der Waals surface area contributed by atoms with E-state index < -0.39 is 0 Å². The Balaban J connectivity index is 2.05. The second-order valence-corrected chi connectivity index (χ2v) is 4.18. The zero-order chi connectivity index (χ0) is 12.3. The average Bonchev–Trinajstić information content (AvgIpc) is 2.67. The van der Waals surface area contributed by atoms with Crippen LogP contribution in [0.4, 0.5) is 5.69 Å². The molecular weight excluding hydrogens is 210 g/mol. The molecule has 2 aromatic rings. The number of aryl methyl sites for hydroxylation is 2. The molecule has 0 aliphatic carbocycles. The van der Waals surface area contributed by atoms with E-state index in [1.165, 1.54) is 5.56 Å². The molecule has 3 nitrogen and oxygen atoms in total. The molecule has 1 N–H and O–H groups in total. The fourth-order valence-corrected chi connectivity index (χ4v) is 1.80. The lowest BCUT2D eigenvalue weighted by atomic mass is 10.2. The van der Waals surface area contributed by atoms with Gasteiger partial charge in [0, 0.05) is 25.5 Å². The zero-order valence-electron chi connectivity index (χ0n) is 10.1. The van der Waals surface area contributed by atoms with Gasteiger partial charge in [-0.1, -0.05) is 12.1 Å². The van der Waals surface area contributed by atoms with Crippen molar-refractivity contribution < 1.29 is 0 Å². The second-order valence-electron chi connectivity index (χ2n) is 4.18. The van der Waals surface area contributed by atoms with E-state index in [9.17, 15) is 0 Å². The number of benzene rings is 1. The van der Waals surface area contributed by atoms with Crippen molar-refractivity contribution in [3.63, 3.8) is 0 Å². The SMILES string of the molecule is Cc1cccc(NCc2cc(C#N)n(C)c2)c1. The first-order valence-corrected chi connectivity index (χ1v) is 5.55. The van der Waals surface area contributed by atoms with Crippen LogP contribution in [0.5, 0.6) is 0 Å². The number of nitrogens with zero attached hydrogens (tertiary/aromatic N) is 2. The van der Waals surface area contributed by atoms with Crippen molar-refractivity contribution in [1.82, 2.24) is 4.57 Å². The summed E-state index contributed by atoms with van der Waals surface area (Å²) in [5.41, 5.74) is 4.14. The van der Waals surface area contributed by atoms with Crippen LogP contribution in [-0.4, -0.2) is 4.57 Å². The van der Waals surface area contributed by atoms with E-state index >= 15 is 0 Å². The summed E-state index contributed by atoms with van der Waals surface area (Å²) in [7, 11) is 1.88. The second kappa shape index (κ2) is 4.75. The van der Waals surface area contributed by atoms with E-state index in [4.69, 9.17) is 5.26 Å². The maximum Gasteiger partial charge on any atom is 0.120 e. The van der Waals surface area contributed by atoms with Crippen LogP contribution in [0.25, 0.3) is 0 Å². The van der Waals surface area contributed by atoms with Crippen molar-refractivity contribution in [2.45, 2.75) is 13.5 Å². The van der Waals surface area contributed by atoms with Crippen LogP contribution in [0.1, 0.15) is 16.8 Å². The lowest BCUT2D eigenvalue weighted by Gasteiger charge is -2.05. The van der Waals surface area contributed by atoms with E-state index in [1.807, 2.05) is 36.0 Å². The summed E-state index contributed by atoms with van der Waals surface area (Å²) in [6, 6.07) is 12.3. The zero-order valence-corrected chi connectivity index (χ0v) is 10.1. The Labute approximate surface area is 101 Å². The van der Waals surface area contributed by atoms with Crippen LogP contribution in [0, 0.1) is 18.3 Å². The van der Waals surface area contributed by atoms with Gasteiger partial charge < -0.3 is 9.88 Å². The average molecular weight is 225 g/mol. The Kier molecular flexibility index (Phi) is 3.15. The van der Waals surface area contributed by atoms with Gasteiger partial charge in [-0.05, 0) is 36.2 Å². The quantitative estimate of drug-likeness (QED) is 0.872. The van der Waals surface area contributed by atoms with Gasteiger partial charge in [-0.2, -0.15) is 5.26 Å². The molecule has 0 amide bonds. The molecule has 1 aromatic heterocycles. The molecule has 17 heavy (non-hydrogen) atoms. The van der Waals surface area contributed by atoms with Gasteiger partial charge in [0.1, 0.15) is 11.8 Å². The highest BCUT2D eigenvalue weighted by Crippen LogP contribution is 2.12. The molecule has 0 spiro atoms. The predicted octanol–water partition coefficient (Wildman–Crippen LogP) is 2.82. The van der Waals surface area contributed by atoms with Gasteiger partial charge >= 0.3 is 0 Å². The third-order valence-electron chi connectivity index (χ3n) is 2.69. The lowest BCUT2D eigenvalue weighted by Crippen LogP contribution is -1.98. The van der Waals surface area contributed by atoms with E-state index in [0.717, 1.165) is 17.8 Å². The number of anilines is 1. The smallest absolute Gasteiger partial charge is 0.120 e. The van der Waals surface area contributed by atoms with Gasteiger partial charge in [-0.3, -0.25) is 0 Å². The highest BCUT2D eigenvalue weighted by atomic mass is 14.9. The Morgan fingerprint density at radius 1 is 1.35 bits per heavy atom. The Morgan fingerprint density at radius 2 is 2.18 bits per heavy atom. The van der Waals surface area contributed by atoms with Crippen molar-refractivity contribution in [3.05, 3.63) is 53.3 Å². The topological polar surface area (TPSA) is 40.8 Å². The first kappa shape index (κ1) is 11.3. The van der Waals surface area contributed by atoms with Crippen molar-refractivity contribution in [2.75, 3.05) is 5.32 Å². The first-order valence-electron chi connectivity index (χ1n) is 5.55. The van der Waals surface area contributed by atoms with Crippen molar-refractivity contribution in [2.24, 2.45) is 7.05 Å². The molecule has 2 rings (SSSR count). The minimum Gasteiger partial charge on any atom is -0.381 e. The monoisotopic (exact) mass is 225 g/mol. The highest BCUT2D eigenvalue weighted by Gasteiger charge is 2.01. The molecule has 0 saturated heterocycles. The van der Waals surface area contributed by atoms with Gasteiger partial charge in [0.25, 0.3) is 0 Å². The summed E-state index contributed by atoms with van der Waals surface area (Å²) >= 11 is 0. The van der Waals surface area contributed by atoms with Gasteiger partial charge in [0.05, 0.1) is 0 Å². The van der Waals surface area contributed by atoms with Crippen molar-refractivity contribution in [3.8, 4) is 6.07 Å². The van der Waals surface area contributed by atoms with Crippen LogP contribution in [-0.2, 0) is 13.6 Å². The van der Waals surface area contributed by atoms with E-state index in [-0.39, 0.29) is 0 Å².